The third-order valence-corrected chi connectivity index (χ3v) is 3.86. The molecule has 0 aliphatic heterocycles. The summed E-state index contributed by atoms with van der Waals surface area (Å²) in [5.41, 5.74) is 1.68. The van der Waals surface area contributed by atoms with Crippen molar-refractivity contribution in [2.24, 2.45) is 0 Å². The van der Waals surface area contributed by atoms with Crippen molar-refractivity contribution in [2.45, 2.75) is 13.0 Å². The minimum atomic E-state index is -0.423. The van der Waals surface area contributed by atoms with Crippen molar-refractivity contribution in [3.63, 3.8) is 0 Å². The zero-order valence-electron chi connectivity index (χ0n) is 11.7. The second-order valence-electron chi connectivity index (χ2n) is 4.53. The number of non-ortho nitro benzene ring substituents is 1. The van der Waals surface area contributed by atoms with Crippen LogP contribution in [0.2, 0.25) is 0 Å². The van der Waals surface area contributed by atoms with Crippen LogP contribution in [0.1, 0.15) is 18.5 Å². The molecular formula is C15H15BrN2O3. The molecule has 1 N–H and O–H groups in total. The van der Waals surface area contributed by atoms with Crippen molar-refractivity contribution >= 4 is 27.3 Å². The van der Waals surface area contributed by atoms with Crippen LogP contribution >= 0.6 is 15.9 Å². The van der Waals surface area contributed by atoms with E-state index in [2.05, 4.69) is 21.2 Å². The average Bonchev–Trinajstić information content (AvgIpc) is 2.47. The Hall–Kier alpha value is -2.08. The molecule has 5 nitrogen and oxygen atoms in total. The molecule has 0 bridgehead atoms. The Kier molecular flexibility index (Phi) is 4.80. The molecule has 2 aromatic rings. The highest BCUT2D eigenvalue weighted by atomic mass is 79.9. The number of nitro groups is 1. The number of hydrogen-bond donors (Lipinski definition) is 1. The lowest BCUT2D eigenvalue weighted by Gasteiger charge is -2.18. The topological polar surface area (TPSA) is 64.4 Å². The lowest BCUT2D eigenvalue weighted by Crippen LogP contribution is -2.08. The lowest BCUT2D eigenvalue weighted by atomic mass is 10.1. The van der Waals surface area contributed by atoms with Gasteiger partial charge in [-0.1, -0.05) is 34.1 Å². The van der Waals surface area contributed by atoms with Gasteiger partial charge in [-0.25, -0.2) is 0 Å². The minimum Gasteiger partial charge on any atom is -0.495 e. The van der Waals surface area contributed by atoms with E-state index in [-0.39, 0.29) is 11.7 Å². The van der Waals surface area contributed by atoms with E-state index in [0.29, 0.717) is 11.4 Å². The van der Waals surface area contributed by atoms with Crippen molar-refractivity contribution < 1.29 is 9.66 Å². The summed E-state index contributed by atoms with van der Waals surface area (Å²) in [6.45, 7) is 1.98. The Morgan fingerprint density at radius 2 is 2.00 bits per heavy atom. The molecule has 2 rings (SSSR count). The molecule has 0 aliphatic rings. The first kappa shape index (κ1) is 15.3. The summed E-state index contributed by atoms with van der Waals surface area (Å²) < 4.78 is 6.23. The van der Waals surface area contributed by atoms with Gasteiger partial charge in [-0.3, -0.25) is 10.1 Å². The second kappa shape index (κ2) is 6.58. The summed E-state index contributed by atoms with van der Waals surface area (Å²) in [5.74, 6) is 0.569. The Balaban J connectivity index is 2.31. The molecule has 110 valence electrons. The normalized spacial score (nSPS) is 11.8. The number of rotatable bonds is 5. The smallest absolute Gasteiger partial charge is 0.271 e. The van der Waals surface area contributed by atoms with E-state index < -0.39 is 4.92 Å². The fraction of sp³-hybridized carbons (Fsp3) is 0.200. The van der Waals surface area contributed by atoms with Crippen LogP contribution in [-0.2, 0) is 0 Å². The molecule has 0 saturated heterocycles. The highest BCUT2D eigenvalue weighted by molar-refractivity contribution is 9.10. The maximum Gasteiger partial charge on any atom is 0.271 e. The van der Waals surface area contributed by atoms with E-state index >= 15 is 0 Å². The quantitative estimate of drug-likeness (QED) is 0.635. The highest BCUT2D eigenvalue weighted by Gasteiger charge is 2.15. The monoisotopic (exact) mass is 350 g/mol. The Bertz CT molecular complexity index is 661. The van der Waals surface area contributed by atoms with Crippen LogP contribution in [0.4, 0.5) is 11.4 Å². The first-order chi connectivity index (χ1) is 10.0. The molecule has 0 heterocycles. The van der Waals surface area contributed by atoms with Crippen LogP contribution in [0.3, 0.4) is 0 Å². The maximum absolute atomic E-state index is 10.9. The molecule has 6 heteroatoms. The van der Waals surface area contributed by atoms with Gasteiger partial charge in [-0.05, 0) is 24.6 Å². The van der Waals surface area contributed by atoms with Crippen LogP contribution in [0.5, 0.6) is 5.75 Å². The van der Waals surface area contributed by atoms with Crippen LogP contribution in [0.25, 0.3) is 0 Å². The zero-order valence-corrected chi connectivity index (χ0v) is 13.3. The van der Waals surface area contributed by atoms with Crippen molar-refractivity contribution in [3.8, 4) is 5.75 Å². The maximum atomic E-state index is 10.9. The first-order valence-corrected chi connectivity index (χ1v) is 7.15. The molecule has 1 unspecified atom stereocenters. The minimum absolute atomic E-state index is 0.0256. The van der Waals surface area contributed by atoms with Crippen LogP contribution in [-0.4, -0.2) is 12.0 Å². The standard InChI is InChI=1S/C15H15BrN2O3/c1-10(12-5-3-4-6-13(12)16)17-14-9-11(18(19)20)7-8-15(14)21-2/h3-10,17H,1-2H3. The molecule has 0 saturated carbocycles. The summed E-state index contributed by atoms with van der Waals surface area (Å²) in [6, 6.07) is 12.3. The van der Waals surface area contributed by atoms with Gasteiger partial charge in [-0.15, -0.1) is 0 Å². The Labute approximate surface area is 131 Å². The predicted octanol–water partition coefficient (Wildman–Crippen LogP) is 4.54. The van der Waals surface area contributed by atoms with Crippen molar-refractivity contribution in [1.29, 1.82) is 0 Å². The largest absolute Gasteiger partial charge is 0.495 e. The fourth-order valence-corrected chi connectivity index (χ4v) is 2.69. The van der Waals surface area contributed by atoms with E-state index in [0.717, 1.165) is 10.0 Å². The summed E-state index contributed by atoms with van der Waals surface area (Å²) in [6.07, 6.45) is 0. The van der Waals surface area contributed by atoms with Gasteiger partial charge in [0.2, 0.25) is 0 Å². The van der Waals surface area contributed by atoms with Gasteiger partial charge in [0.1, 0.15) is 5.75 Å². The van der Waals surface area contributed by atoms with Crippen molar-refractivity contribution in [3.05, 3.63) is 62.6 Å². The second-order valence-corrected chi connectivity index (χ2v) is 5.38. The summed E-state index contributed by atoms with van der Waals surface area (Å²) in [4.78, 5) is 10.5. The molecule has 0 radical (unpaired) electrons. The molecule has 1 atom stereocenters. The SMILES string of the molecule is COc1ccc([N+](=O)[O-])cc1NC(C)c1ccccc1Br. The van der Waals surface area contributed by atoms with Gasteiger partial charge in [-0.2, -0.15) is 0 Å². The Morgan fingerprint density at radius 3 is 2.62 bits per heavy atom. The molecular weight excluding hydrogens is 336 g/mol. The molecule has 21 heavy (non-hydrogen) atoms. The number of nitrogens with one attached hydrogen (secondary N) is 1. The number of anilines is 1. The van der Waals surface area contributed by atoms with Crippen molar-refractivity contribution in [2.75, 3.05) is 12.4 Å². The number of ether oxygens (including phenoxy) is 1. The molecule has 0 spiro atoms. The molecule has 2 aromatic carbocycles. The molecule has 0 aliphatic carbocycles. The summed E-state index contributed by atoms with van der Waals surface area (Å²) >= 11 is 3.50. The van der Waals surface area contributed by atoms with Gasteiger partial charge in [0.15, 0.2) is 0 Å². The first-order valence-electron chi connectivity index (χ1n) is 6.36. The number of methoxy groups -OCH3 is 1. The van der Waals surface area contributed by atoms with E-state index in [1.165, 1.54) is 19.2 Å². The van der Waals surface area contributed by atoms with E-state index in [9.17, 15) is 10.1 Å². The highest BCUT2D eigenvalue weighted by Crippen LogP contribution is 2.33. The number of nitro benzene ring substituents is 1. The summed E-state index contributed by atoms with van der Waals surface area (Å²) in [5, 5.41) is 14.1. The van der Waals surface area contributed by atoms with Crippen LogP contribution < -0.4 is 10.1 Å². The Morgan fingerprint density at radius 1 is 1.29 bits per heavy atom. The fourth-order valence-electron chi connectivity index (χ4n) is 2.06. The van der Waals surface area contributed by atoms with Gasteiger partial charge in [0.05, 0.1) is 17.7 Å². The van der Waals surface area contributed by atoms with Gasteiger partial charge < -0.3 is 10.1 Å². The average molecular weight is 351 g/mol. The van der Waals surface area contributed by atoms with Crippen LogP contribution in [0, 0.1) is 10.1 Å². The van der Waals surface area contributed by atoms with Gasteiger partial charge in [0.25, 0.3) is 5.69 Å². The molecule has 0 aromatic heterocycles. The van der Waals surface area contributed by atoms with E-state index in [1.807, 2.05) is 31.2 Å². The predicted molar refractivity (Wildman–Crippen MR) is 85.8 cm³/mol. The van der Waals surface area contributed by atoms with Crippen LogP contribution in [0.15, 0.2) is 46.9 Å². The van der Waals surface area contributed by atoms with Gasteiger partial charge >= 0.3 is 0 Å². The number of nitrogens with zero attached hydrogens (tertiary/aromatic N) is 1. The zero-order chi connectivity index (χ0) is 15.4. The molecule has 0 fully saturated rings. The number of hydrogen-bond acceptors (Lipinski definition) is 4. The van der Waals surface area contributed by atoms with E-state index in [1.54, 1.807) is 6.07 Å². The third-order valence-electron chi connectivity index (χ3n) is 3.14. The number of halogens is 1. The number of benzene rings is 2. The lowest BCUT2D eigenvalue weighted by molar-refractivity contribution is -0.384. The third kappa shape index (κ3) is 3.52. The summed E-state index contributed by atoms with van der Waals surface area (Å²) in [7, 11) is 1.54. The van der Waals surface area contributed by atoms with Gasteiger partial charge in [0, 0.05) is 22.6 Å². The molecule has 0 amide bonds. The van der Waals surface area contributed by atoms with Crippen molar-refractivity contribution in [1.82, 2.24) is 0 Å². The van der Waals surface area contributed by atoms with E-state index in [4.69, 9.17) is 4.74 Å².